The summed E-state index contributed by atoms with van der Waals surface area (Å²) in [5.41, 5.74) is 0.538. The first-order valence-corrected chi connectivity index (χ1v) is 9.24. The molecule has 8 nitrogen and oxygen atoms in total. The van der Waals surface area contributed by atoms with Gasteiger partial charge in [-0.3, -0.25) is 19.7 Å². The van der Waals surface area contributed by atoms with Gasteiger partial charge in [0.15, 0.2) is 0 Å². The van der Waals surface area contributed by atoms with Gasteiger partial charge in [0.25, 0.3) is 11.6 Å². The molecule has 27 heavy (non-hydrogen) atoms. The largest absolute Gasteiger partial charge is 0.495 e. The Morgan fingerprint density at radius 3 is 2.67 bits per heavy atom. The van der Waals surface area contributed by atoms with Crippen molar-refractivity contribution < 1.29 is 19.2 Å². The van der Waals surface area contributed by atoms with Crippen LogP contribution in [0.15, 0.2) is 48.5 Å². The molecule has 0 spiro atoms. The van der Waals surface area contributed by atoms with E-state index >= 15 is 0 Å². The van der Waals surface area contributed by atoms with Crippen LogP contribution < -0.4 is 10.1 Å². The Bertz CT molecular complexity index is 875. The van der Waals surface area contributed by atoms with E-state index in [4.69, 9.17) is 4.74 Å². The number of amides is 2. The van der Waals surface area contributed by atoms with Crippen LogP contribution in [0.2, 0.25) is 0 Å². The van der Waals surface area contributed by atoms with E-state index in [1.807, 2.05) is 6.07 Å². The van der Waals surface area contributed by atoms with E-state index in [1.165, 1.54) is 42.0 Å². The van der Waals surface area contributed by atoms with Crippen molar-refractivity contribution in [2.75, 3.05) is 24.1 Å². The molecule has 1 aliphatic rings. The molecule has 0 aromatic heterocycles. The molecule has 2 aromatic rings. The maximum atomic E-state index is 12.8. The number of nitrogens with zero attached hydrogens (tertiary/aromatic N) is 2. The number of nitro benzene ring substituents is 1. The summed E-state index contributed by atoms with van der Waals surface area (Å²) in [6, 6.07) is 12.0. The van der Waals surface area contributed by atoms with Gasteiger partial charge in [-0.2, -0.15) is 0 Å². The molecule has 1 N–H and O–H groups in total. The molecular weight excluding hydrogens is 370 g/mol. The van der Waals surface area contributed by atoms with Crippen molar-refractivity contribution in [3.63, 3.8) is 0 Å². The number of thioether (sulfide) groups is 1. The van der Waals surface area contributed by atoms with Crippen LogP contribution in [0.4, 0.5) is 11.4 Å². The SMILES string of the molecule is COc1ccc([N+](=O)[O-])cc1NC(=O)[C@@H]1CSCN1C(=O)c1ccccc1. The molecule has 1 saturated heterocycles. The smallest absolute Gasteiger partial charge is 0.271 e. The molecule has 9 heteroatoms. The molecule has 1 heterocycles. The number of carbonyl (C=O) groups excluding carboxylic acids is 2. The monoisotopic (exact) mass is 387 g/mol. The number of nitrogens with one attached hydrogen (secondary N) is 1. The van der Waals surface area contributed by atoms with Gasteiger partial charge in [-0.15, -0.1) is 11.8 Å². The molecule has 3 rings (SSSR count). The Hall–Kier alpha value is -3.07. The van der Waals surface area contributed by atoms with Crippen LogP contribution in [0.1, 0.15) is 10.4 Å². The highest BCUT2D eigenvalue weighted by atomic mass is 32.2. The van der Waals surface area contributed by atoms with Gasteiger partial charge in [-0.25, -0.2) is 0 Å². The van der Waals surface area contributed by atoms with Gasteiger partial charge in [0.2, 0.25) is 5.91 Å². The minimum absolute atomic E-state index is 0.163. The second-order valence-corrected chi connectivity index (χ2v) is 6.79. The fourth-order valence-electron chi connectivity index (χ4n) is 2.73. The molecule has 0 radical (unpaired) electrons. The number of anilines is 1. The van der Waals surface area contributed by atoms with E-state index in [1.54, 1.807) is 24.3 Å². The standard InChI is InChI=1S/C18H17N3O5S/c1-26-16-8-7-13(21(24)25)9-14(16)19-17(22)15-10-27-11-20(15)18(23)12-5-3-2-4-6-12/h2-9,15H,10-11H2,1H3,(H,19,22)/t15-/m0/s1. The number of hydrogen-bond acceptors (Lipinski definition) is 6. The van der Waals surface area contributed by atoms with Crippen molar-refractivity contribution in [2.45, 2.75) is 6.04 Å². The minimum atomic E-state index is -0.674. The quantitative estimate of drug-likeness (QED) is 0.625. The van der Waals surface area contributed by atoms with E-state index in [-0.39, 0.29) is 17.3 Å². The van der Waals surface area contributed by atoms with E-state index in [9.17, 15) is 19.7 Å². The van der Waals surface area contributed by atoms with Gasteiger partial charge in [0, 0.05) is 23.4 Å². The number of benzene rings is 2. The van der Waals surface area contributed by atoms with Gasteiger partial charge < -0.3 is 15.0 Å². The summed E-state index contributed by atoms with van der Waals surface area (Å²) in [5, 5.41) is 13.6. The number of ether oxygens (including phenoxy) is 1. The predicted molar refractivity (Wildman–Crippen MR) is 102 cm³/mol. The van der Waals surface area contributed by atoms with Crippen LogP contribution in [-0.4, -0.2) is 46.4 Å². The van der Waals surface area contributed by atoms with E-state index in [0.29, 0.717) is 22.9 Å². The van der Waals surface area contributed by atoms with Gasteiger partial charge in [-0.1, -0.05) is 18.2 Å². The highest BCUT2D eigenvalue weighted by Gasteiger charge is 2.35. The fourth-order valence-corrected chi connectivity index (χ4v) is 3.88. The summed E-state index contributed by atoms with van der Waals surface area (Å²) in [6.07, 6.45) is 0. The summed E-state index contributed by atoms with van der Waals surface area (Å²) in [5.74, 6) is 0.509. The lowest BCUT2D eigenvalue weighted by Crippen LogP contribution is -2.44. The molecule has 1 aliphatic heterocycles. The Balaban J connectivity index is 1.80. The lowest BCUT2D eigenvalue weighted by Gasteiger charge is -2.23. The normalized spacial score (nSPS) is 16.0. The van der Waals surface area contributed by atoms with Crippen LogP contribution in [0.25, 0.3) is 0 Å². The average molecular weight is 387 g/mol. The highest BCUT2D eigenvalue weighted by Crippen LogP contribution is 2.30. The third-order valence-electron chi connectivity index (χ3n) is 4.12. The minimum Gasteiger partial charge on any atom is -0.495 e. The first-order chi connectivity index (χ1) is 13.0. The number of nitro groups is 1. The molecule has 2 aromatic carbocycles. The van der Waals surface area contributed by atoms with Gasteiger partial charge in [0.1, 0.15) is 11.8 Å². The number of hydrogen-bond donors (Lipinski definition) is 1. The van der Waals surface area contributed by atoms with Crippen molar-refractivity contribution in [2.24, 2.45) is 0 Å². The number of carbonyl (C=O) groups is 2. The van der Waals surface area contributed by atoms with Crippen LogP contribution in [0, 0.1) is 10.1 Å². The number of methoxy groups -OCH3 is 1. The maximum absolute atomic E-state index is 12.8. The Labute approximate surface area is 159 Å². The second-order valence-electron chi connectivity index (χ2n) is 5.79. The third-order valence-corrected chi connectivity index (χ3v) is 5.13. The van der Waals surface area contributed by atoms with Crippen LogP contribution in [0.5, 0.6) is 5.75 Å². The summed E-state index contributed by atoms with van der Waals surface area (Å²) in [6.45, 7) is 0. The van der Waals surface area contributed by atoms with Crippen molar-refractivity contribution in [3.05, 3.63) is 64.2 Å². The van der Waals surface area contributed by atoms with Crippen LogP contribution in [0.3, 0.4) is 0 Å². The molecule has 140 valence electrons. The average Bonchev–Trinajstić information content (AvgIpc) is 3.18. The zero-order valence-electron chi connectivity index (χ0n) is 14.5. The predicted octanol–water partition coefficient (Wildman–Crippen LogP) is 2.76. The molecule has 0 saturated carbocycles. The Morgan fingerprint density at radius 1 is 1.26 bits per heavy atom. The van der Waals surface area contributed by atoms with Crippen molar-refractivity contribution >= 4 is 35.0 Å². The Morgan fingerprint density at radius 2 is 2.00 bits per heavy atom. The van der Waals surface area contributed by atoms with Gasteiger partial charge in [0.05, 0.1) is 23.6 Å². The zero-order valence-corrected chi connectivity index (χ0v) is 15.3. The molecular formula is C18H17N3O5S. The second kappa shape index (κ2) is 8.09. The molecule has 0 unspecified atom stereocenters. The van der Waals surface area contributed by atoms with E-state index in [0.717, 1.165) is 0 Å². The molecule has 1 atom stereocenters. The van der Waals surface area contributed by atoms with Crippen molar-refractivity contribution in [3.8, 4) is 5.75 Å². The fraction of sp³-hybridized carbons (Fsp3) is 0.222. The van der Waals surface area contributed by atoms with E-state index < -0.39 is 16.9 Å². The topological polar surface area (TPSA) is 102 Å². The lowest BCUT2D eigenvalue weighted by atomic mass is 10.1. The summed E-state index contributed by atoms with van der Waals surface area (Å²) < 4.78 is 5.16. The van der Waals surface area contributed by atoms with E-state index in [2.05, 4.69) is 5.32 Å². The Kier molecular flexibility index (Phi) is 5.60. The first-order valence-electron chi connectivity index (χ1n) is 8.08. The highest BCUT2D eigenvalue weighted by molar-refractivity contribution is 7.99. The molecule has 1 fully saturated rings. The third kappa shape index (κ3) is 4.03. The van der Waals surface area contributed by atoms with Crippen molar-refractivity contribution in [1.29, 1.82) is 0 Å². The lowest BCUT2D eigenvalue weighted by molar-refractivity contribution is -0.384. The molecule has 0 aliphatic carbocycles. The molecule has 2 amide bonds. The van der Waals surface area contributed by atoms with Crippen molar-refractivity contribution in [1.82, 2.24) is 4.90 Å². The van der Waals surface area contributed by atoms with Gasteiger partial charge >= 0.3 is 0 Å². The van der Waals surface area contributed by atoms with Crippen LogP contribution in [-0.2, 0) is 4.79 Å². The summed E-state index contributed by atoms with van der Waals surface area (Å²) in [4.78, 5) is 37.4. The zero-order chi connectivity index (χ0) is 19.4. The summed E-state index contributed by atoms with van der Waals surface area (Å²) >= 11 is 1.47. The molecule has 0 bridgehead atoms. The summed E-state index contributed by atoms with van der Waals surface area (Å²) in [7, 11) is 1.41. The van der Waals surface area contributed by atoms with Crippen LogP contribution >= 0.6 is 11.8 Å². The number of non-ortho nitro benzene ring substituents is 1. The van der Waals surface area contributed by atoms with Gasteiger partial charge in [-0.05, 0) is 18.2 Å². The number of rotatable bonds is 5. The maximum Gasteiger partial charge on any atom is 0.271 e. The first kappa shape index (κ1) is 18.7.